The molecule has 1 heterocycles. The van der Waals surface area contributed by atoms with Crippen LogP contribution in [0.2, 0.25) is 0 Å². The van der Waals surface area contributed by atoms with Gasteiger partial charge in [0.15, 0.2) is 11.6 Å². The number of hydrogen-bond acceptors (Lipinski definition) is 7. The van der Waals surface area contributed by atoms with E-state index in [1.807, 2.05) is 0 Å². The molecule has 0 radical (unpaired) electrons. The molecule has 0 bridgehead atoms. The number of carbonyl (C=O) groups excluding carboxylic acids is 3. The van der Waals surface area contributed by atoms with E-state index in [1.54, 1.807) is 32.7 Å². The van der Waals surface area contributed by atoms with E-state index in [0.717, 1.165) is 38.2 Å². The van der Waals surface area contributed by atoms with E-state index in [-0.39, 0.29) is 43.9 Å². The van der Waals surface area contributed by atoms with Crippen LogP contribution in [0.25, 0.3) is 0 Å². The summed E-state index contributed by atoms with van der Waals surface area (Å²) in [5, 5.41) is 16.1. The predicted molar refractivity (Wildman–Crippen MR) is 164 cm³/mol. The third-order valence-corrected chi connectivity index (χ3v) is 8.26. The Labute approximate surface area is 264 Å². The van der Waals surface area contributed by atoms with Gasteiger partial charge in [-0.05, 0) is 52.0 Å². The second-order valence-electron chi connectivity index (χ2n) is 13.1. The molecule has 3 atom stereocenters. The second kappa shape index (κ2) is 16.8. The van der Waals surface area contributed by atoms with Crippen molar-refractivity contribution in [3.05, 3.63) is 29.3 Å². The van der Waals surface area contributed by atoms with Crippen LogP contribution in [0.3, 0.4) is 0 Å². The maximum atomic E-state index is 14.4. The number of piperidine rings is 1. The summed E-state index contributed by atoms with van der Waals surface area (Å²) >= 11 is 0. The molecule has 1 aliphatic carbocycles. The third kappa shape index (κ3) is 11.5. The standard InChI is InChI=1S/C32H50F2N4O7/c1-32(2,3)45-31(42)37(4)20-24(16-21-10-7-6-8-11-21)36-29(40)38-14-9-12-22(19-38)28(44-15-13-35-30(41)43-5)25-17-23(33)18-26(34)27(25)39/h17-18,21-22,24,28,39H,6-16,19-20H2,1-5H3,(H,35,41)(H,36,40). The molecule has 13 heteroatoms. The molecular weight excluding hydrogens is 590 g/mol. The van der Waals surface area contributed by atoms with Crippen molar-refractivity contribution >= 4 is 18.2 Å². The Balaban J connectivity index is 1.74. The molecule has 11 nitrogen and oxygen atoms in total. The van der Waals surface area contributed by atoms with E-state index in [1.165, 1.54) is 18.4 Å². The van der Waals surface area contributed by atoms with Crippen LogP contribution in [0.15, 0.2) is 12.1 Å². The fraction of sp³-hybridized carbons (Fsp3) is 0.719. The van der Waals surface area contributed by atoms with E-state index >= 15 is 0 Å². The predicted octanol–water partition coefficient (Wildman–Crippen LogP) is 5.71. The number of ether oxygens (including phenoxy) is 3. The molecule has 45 heavy (non-hydrogen) atoms. The van der Waals surface area contributed by atoms with Gasteiger partial charge >= 0.3 is 18.2 Å². The molecule has 0 aromatic heterocycles. The number of nitrogens with one attached hydrogen (secondary N) is 2. The Morgan fingerprint density at radius 3 is 2.49 bits per heavy atom. The smallest absolute Gasteiger partial charge is 0.410 e. The Hall–Kier alpha value is -3.35. The summed E-state index contributed by atoms with van der Waals surface area (Å²) < 4.78 is 44.7. The average Bonchev–Trinajstić information content (AvgIpc) is 2.98. The van der Waals surface area contributed by atoms with Crippen LogP contribution in [-0.2, 0) is 14.2 Å². The number of carbonyl (C=O) groups is 3. The van der Waals surface area contributed by atoms with Crippen molar-refractivity contribution in [1.82, 2.24) is 20.4 Å². The van der Waals surface area contributed by atoms with Crippen molar-refractivity contribution in [2.45, 2.75) is 89.9 Å². The third-order valence-electron chi connectivity index (χ3n) is 8.26. The first kappa shape index (κ1) is 36.1. The summed E-state index contributed by atoms with van der Waals surface area (Å²) in [6.07, 6.45) is 5.46. The molecule has 2 fully saturated rings. The monoisotopic (exact) mass is 640 g/mol. The fourth-order valence-electron chi connectivity index (χ4n) is 6.15. The van der Waals surface area contributed by atoms with Gasteiger partial charge in [0.1, 0.15) is 11.4 Å². The quantitative estimate of drug-likeness (QED) is 0.264. The zero-order valence-corrected chi connectivity index (χ0v) is 27.2. The molecule has 2 aliphatic rings. The number of nitrogens with zero attached hydrogens (tertiary/aromatic N) is 2. The molecule has 1 aliphatic heterocycles. The number of phenolic OH excluding ortho intramolecular Hbond substituents is 1. The second-order valence-corrected chi connectivity index (χ2v) is 13.1. The number of benzene rings is 1. The molecule has 3 rings (SSSR count). The van der Waals surface area contributed by atoms with E-state index < -0.39 is 47.2 Å². The van der Waals surface area contributed by atoms with Crippen LogP contribution >= 0.6 is 0 Å². The number of likely N-dealkylation sites (N-methyl/N-ethyl adjacent to an activating group) is 1. The molecule has 3 N–H and O–H groups in total. The lowest BCUT2D eigenvalue weighted by atomic mass is 9.84. The zero-order valence-electron chi connectivity index (χ0n) is 27.2. The summed E-state index contributed by atoms with van der Waals surface area (Å²) in [6.45, 7) is 6.39. The van der Waals surface area contributed by atoms with Gasteiger partial charge in [0.25, 0.3) is 0 Å². The molecule has 1 saturated carbocycles. The Kier molecular flexibility index (Phi) is 13.5. The van der Waals surface area contributed by atoms with E-state index in [9.17, 15) is 28.3 Å². The minimum atomic E-state index is -1.11. The lowest BCUT2D eigenvalue weighted by Gasteiger charge is -2.38. The topological polar surface area (TPSA) is 130 Å². The zero-order chi connectivity index (χ0) is 33.1. The SMILES string of the molecule is COC(=O)NCCOC(c1cc(F)cc(F)c1O)C1CCCN(C(=O)NC(CC2CCCCC2)CN(C)C(=O)OC(C)(C)C)C1. The minimum absolute atomic E-state index is 0.0273. The number of amides is 4. The lowest BCUT2D eigenvalue weighted by molar-refractivity contribution is -0.0104. The Bertz CT molecular complexity index is 1140. The lowest BCUT2D eigenvalue weighted by Crippen LogP contribution is -2.53. The van der Waals surface area contributed by atoms with Crippen LogP contribution < -0.4 is 10.6 Å². The Morgan fingerprint density at radius 1 is 1.11 bits per heavy atom. The minimum Gasteiger partial charge on any atom is -0.505 e. The molecule has 4 amide bonds. The number of hydrogen-bond donors (Lipinski definition) is 3. The molecular formula is C32H50F2N4O7. The summed E-state index contributed by atoms with van der Waals surface area (Å²) in [5.74, 6) is -2.67. The van der Waals surface area contributed by atoms with Crippen LogP contribution in [0.1, 0.15) is 83.8 Å². The van der Waals surface area contributed by atoms with Gasteiger partial charge in [-0.25, -0.2) is 23.2 Å². The molecule has 3 unspecified atom stereocenters. The number of rotatable bonds is 11. The first-order valence-corrected chi connectivity index (χ1v) is 15.9. The highest BCUT2D eigenvalue weighted by Crippen LogP contribution is 2.38. The van der Waals surface area contributed by atoms with Crippen molar-refractivity contribution in [2.24, 2.45) is 11.8 Å². The maximum Gasteiger partial charge on any atom is 0.410 e. The van der Waals surface area contributed by atoms with Gasteiger partial charge in [0.05, 0.1) is 19.8 Å². The normalized spacial score (nSPS) is 18.9. The maximum absolute atomic E-state index is 14.4. The fourth-order valence-corrected chi connectivity index (χ4v) is 6.15. The number of urea groups is 1. The van der Waals surface area contributed by atoms with Crippen LogP contribution in [0, 0.1) is 23.5 Å². The van der Waals surface area contributed by atoms with Gasteiger partial charge in [0, 0.05) is 56.8 Å². The highest BCUT2D eigenvalue weighted by molar-refractivity contribution is 5.75. The number of halogens is 2. The van der Waals surface area contributed by atoms with Crippen LogP contribution in [-0.4, -0.2) is 91.7 Å². The highest BCUT2D eigenvalue weighted by Gasteiger charge is 2.35. The van der Waals surface area contributed by atoms with Gasteiger partial charge in [-0.15, -0.1) is 0 Å². The first-order chi connectivity index (χ1) is 21.3. The van der Waals surface area contributed by atoms with Crippen LogP contribution in [0.5, 0.6) is 5.75 Å². The number of likely N-dealkylation sites (tertiary alicyclic amines) is 1. The molecule has 1 aromatic carbocycles. The van der Waals surface area contributed by atoms with Crippen molar-refractivity contribution < 1.29 is 42.5 Å². The van der Waals surface area contributed by atoms with Crippen molar-refractivity contribution in [3.8, 4) is 5.75 Å². The summed E-state index contributed by atoms with van der Waals surface area (Å²) in [4.78, 5) is 41.0. The summed E-state index contributed by atoms with van der Waals surface area (Å²) in [6, 6.07) is 1.01. The van der Waals surface area contributed by atoms with Gasteiger partial charge in [-0.3, -0.25) is 0 Å². The van der Waals surface area contributed by atoms with Gasteiger partial charge in [0.2, 0.25) is 0 Å². The summed E-state index contributed by atoms with van der Waals surface area (Å²) in [7, 11) is 2.89. The molecule has 1 aromatic rings. The van der Waals surface area contributed by atoms with Crippen molar-refractivity contribution in [3.63, 3.8) is 0 Å². The largest absolute Gasteiger partial charge is 0.505 e. The first-order valence-electron chi connectivity index (χ1n) is 15.9. The van der Waals surface area contributed by atoms with Crippen LogP contribution in [0.4, 0.5) is 23.2 Å². The van der Waals surface area contributed by atoms with Crippen molar-refractivity contribution in [1.29, 1.82) is 0 Å². The highest BCUT2D eigenvalue weighted by atomic mass is 19.1. The van der Waals surface area contributed by atoms with Crippen molar-refractivity contribution in [2.75, 3.05) is 46.9 Å². The molecule has 0 spiro atoms. The van der Waals surface area contributed by atoms with E-state index in [2.05, 4.69) is 15.4 Å². The van der Waals surface area contributed by atoms with Gasteiger partial charge in [-0.2, -0.15) is 0 Å². The number of alkyl carbamates (subject to hydrolysis) is 1. The summed E-state index contributed by atoms with van der Waals surface area (Å²) in [5.41, 5.74) is -0.713. The van der Waals surface area contributed by atoms with E-state index in [4.69, 9.17) is 9.47 Å². The van der Waals surface area contributed by atoms with E-state index in [0.29, 0.717) is 31.4 Å². The Morgan fingerprint density at radius 2 is 1.82 bits per heavy atom. The average molecular weight is 641 g/mol. The number of phenols is 1. The number of aromatic hydroxyl groups is 1. The van der Waals surface area contributed by atoms with Gasteiger partial charge < -0.3 is 39.8 Å². The molecule has 254 valence electrons. The van der Waals surface area contributed by atoms with Gasteiger partial charge in [-0.1, -0.05) is 32.1 Å². The molecule has 1 saturated heterocycles. The number of methoxy groups -OCH3 is 1.